The van der Waals surface area contributed by atoms with E-state index in [1.54, 1.807) is 12.1 Å². The van der Waals surface area contributed by atoms with Crippen LogP contribution in [0.1, 0.15) is 12.1 Å². The van der Waals surface area contributed by atoms with Crippen LogP contribution >= 0.6 is 0 Å². The topological polar surface area (TPSA) is 55.9 Å². The molecular formula is C13H15FN4. The summed E-state index contributed by atoms with van der Waals surface area (Å²) in [4.78, 5) is 4.48. The Morgan fingerprint density at radius 1 is 1.39 bits per heavy atom. The van der Waals surface area contributed by atoms with Gasteiger partial charge in [-0.2, -0.15) is 0 Å². The molecule has 0 saturated heterocycles. The first-order valence-corrected chi connectivity index (χ1v) is 6.09. The number of nitrogens with two attached hydrogens (primary N) is 1. The Kier molecular flexibility index (Phi) is 2.76. The molecule has 94 valence electrons. The summed E-state index contributed by atoms with van der Waals surface area (Å²) in [5.41, 5.74) is 7.85. The number of anilines is 1. The van der Waals surface area contributed by atoms with Crippen molar-refractivity contribution in [3.63, 3.8) is 0 Å². The number of imidazole rings is 1. The van der Waals surface area contributed by atoms with Gasteiger partial charge in [-0.05, 0) is 18.6 Å². The monoisotopic (exact) mass is 246 g/mol. The van der Waals surface area contributed by atoms with E-state index in [0.717, 1.165) is 31.2 Å². The molecule has 0 unspecified atom stereocenters. The van der Waals surface area contributed by atoms with Crippen LogP contribution in [0.5, 0.6) is 0 Å². The summed E-state index contributed by atoms with van der Waals surface area (Å²) in [5.74, 6) is 0.530. The van der Waals surface area contributed by atoms with Crippen LogP contribution in [-0.2, 0) is 13.1 Å². The highest BCUT2D eigenvalue weighted by atomic mass is 19.1. The predicted molar refractivity (Wildman–Crippen MR) is 68.6 cm³/mol. The first kappa shape index (κ1) is 11.2. The first-order chi connectivity index (χ1) is 8.81. The van der Waals surface area contributed by atoms with Gasteiger partial charge in [0.2, 0.25) is 5.95 Å². The Morgan fingerprint density at radius 2 is 2.22 bits per heavy atom. The van der Waals surface area contributed by atoms with E-state index in [2.05, 4.69) is 10.3 Å². The van der Waals surface area contributed by atoms with Crippen LogP contribution in [0.25, 0.3) is 11.3 Å². The Labute approximate surface area is 105 Å². The molecule has 1 aliphatic heterocycles. The number of hydrogen-bond acceptors (Lipinski definition) is 3. The molecule has 5 heteroatoms. The van der Waals surface area contributed by atoms with Gasteiger partial charge in [-0.1, -0.05) is 12.1 Å². The number of hydrogen-bond donors (Lipinski definition) is 2. The lowest BCUT2D eigenvalue weighted by molar-refractivity contribution is 0.604. The van der Waals surface area contributed by atoms with E-state index in [-0.39, 0.29) is 5.82 Å². The number of nitrogens with zero attached hydrogens (tertiary/aromatic N) is 2. The van der Waals surface area contributed by atoms with E-state index in [9.17, 15) is 4.39 Å². The Hall–Kier alpha value is -1.88. The zero-order valence-corrected chi connectivity index (χ0v) is 9.99. The van der Waals surface area contributed by atoms with Gasteiger partial charge in [0.25, 0.3) is 0 Å². The summed E-state index contributed by atoms with van der Waals surface area (Å²) in [6, 6.07) is 6.67. The second-order valence-corrected chi connectivity index (χ2v) is 4.35. The van der Waals surface area contributed by atoms with Crippen LogP contribution < -0.4 is 11.1 Å². The molecule has 0 amide bonds. The number of nitrogens with one attached hydrogen (secondary N) is 1. The number of rotatable bonds is 2. The van der Waals surface area contributed by atoms with Crippen molar-refractivity contribution in [1.82, 2.24) is 9.55 Å². The first-order valence-electron chi connectivity index (χ1n) is 6.09. The minimum Gasteiger partial charge on any atom is -0.356 e. The van der Waals surface area contributed by atoms with Crippen molar-refractivity contribution >= 4 is 5.95 Å². The Morgan fingerprint density at radius 3 is 3.00 bits per heavy atom. The average molecular weight is 246 g/mol. The summed E-state index contributed by atoms with van der Waals surface area (Å²) >= 11 is 0. The number of fused-ring (bicyclic) bond motifs is 1. The van der Waals surface area contributed by atoms with Crippen molar-refractivity contribution in [3.05, 3.63) is 35.8 Å². The highest BCUT2D eigenvalue weighted by molar-refractivity contribution is 5.65. The maximum Gasteiger partial charge on any atom is 0.203 e. The lowest BCUT2D eigenvalue weighted by Crippen LogP contribution is -2.19. The van der Waals surface area contributed by atoms with Gasteiger partial charge in [0.1, 0.15) is 5.82 Å². The van der Waals surface area contributed by atoms with Crippen molar-refractivity contribution < 1.29 is 4.39 Å². The Balaban J connectivity index is 2.18. The van der Waals surface area contributed by atoms with Gasteiger partial charge in [0.15, 0.2) is 0 Å². The zero-order chi connectivity index (χ0) is 12.5. The molecule has 1 aromatic carbocycles. The molecule has 4 nitrogen and oxygen atoms in total. The van der Waals surface area contributed by atoms with Gasteiger partial charge < -0.3 is 15.6 Å². The van der Waals surface area contributed by atoms with E-state index in [4.69, 9.17) is 5.73 Å². The molecule has 1 aromatic heterocycles. The predicted octanol–water partition coefficient (Wildman–Crippen LogP) is 1.96. The van der Waals surface area contributed by atoms with E-state index >= 15 is 0 Å². The van der Waals surface area contributed by atoms with Crippen molar-refractivity contribution in [3.8, 4) is 11.3 Å². The summed E-state index contributed by atoms with van der Waals surface area (Å²) in [5, 5.41) is 3.22. The molecule has 3 rings (SSSR count). The summed E-state index contributed by atoms with van der Waals surface area (Å²) < 4.78 is 15.9. The number of benzene rings is 1. The van der Waals surface area contributed by atoms with E-state index in [0.29, 0.717) is 17.8 Å². The van der Waals surface area contributed by atoms with Crippen LogP contribution in [-0.4, -0.2) is 16.1 Å². The van der Waals surface area contributed by atoms with Crippen LogP contribution in [0.4, 0.5) is 10.3 Å². The van der Waals surface area contributed by atoms with Crippen molar-refractivity contribution in [2.24, 2.45) is 5.73 Å². The summed E-state index contributed by atoms with van der Waals surface area (Å²) in [6.45, 7) is 2.15. The Bertz CT molecular complexity index is 576. The highest BCUT2D eigenvalue weighted by Crippen LogP contribution is 2.29. The van der Waals surface area contributed by atoms with E-state index in [1.807, 2.05) is 10.6 Å². The smallest absolute Gasteiger partial charge is 0.203 e. The van der Waals surface area contributed by atoms with Crippen molar-refractivity contribution in [2.45, 2.75) is 19.5 Å². The fraction of sp³-hybridized carbons (Fsp3) is 0.308. The van der Waals surface area contributed by atoms with Crippen molar-refractivity contribution in [1.29, 1.82) is 0 Å². The molecule has 2 aromatic rings. The third-order valence-electron chi connectivity index (χ3n) is 3.24. The number of aromatic nitrogens is 2. The summed E-state index contributed by atoms with van der Waals surface area (Å²) in [7, 11) is 0. The zero-order valence-electron chi connectivity index (χ0n) is 9.99. The molecule has 0 saturated carbocycles. The molecule has 2 heterocycles. The van der Waals surface area contributed by atoms with E-state index < -0.39 is 0 Å². The molecule has 0 fully saturated rings. The van der Waals surface area contributed by atoms with Gasteiger partial charge in [0.05, 0.1) is 11.4 Å². The lowest BCUT2D eigenvalue weighted by atomic mass is 10.1. The van der Waals surface area contributed by atoms with Gasteiger partial charge in [0, 0.05) is 25.2 Å². The third-order valence-corrected chi connectivity index (χ3v) is 3.24. The van der Waals surface area contributed by atoms with Crippen LogP contribution in [0.2, 0.25) is 0 Å². The van der Waals surface area contributed by atoms with Gasteiger partial charge >= 0.3 is 0 Å². The fourth-order valence-corrected chi connectivity index (χ4v) is 2.38. The normalized spacial score (nSPS) is 14.1. The summed E-state index contributed by atoms with van der Waals surface area (Å²) in [6.07, 6.45) is 1.03. The molecular weight excluding hydrogens is 231 g/mol. The molecule has 18 heavy (non-hydrogen) atoms. The minimum atomic E-state index is -0.261. The molecule has 1 aliphatic rings. The maximum absolute atomic E-state index is 13.8. The molecule has 0 spiro atoms. The van der Waals surface area contributed by atoms with Crippen LogP contribution in [0.15, 0.2) is 24.3 Å². The second kappa shape index (κ2) is 4.42. The second-order valence-electron chi connectivity index (χ2n) is 4.35. The van der Waals surface area contributed by atoms with Crippen molar-refractivity contribution in [2.75, 3.05) is 11.9 Å². The molecule has 0 aliphatic carbocycles. The van der Waals surface area contributed by atoms with Crippen LogP contribution in [0.3, 0.4) is 0 Å². The van der Waals surface area contributed by atoms with Gasteiger partial charge in [-0.25, -0.2) is 9.37 Å². The molecule has 0 bridgehead atoms. The molecule has 3 N–H and O–H groups in total. The fourth-order valence-electron chi connectivity index (χ4n) is 2.38. The molecule has 0 radical (unpaired) electrons. The van der Waals surface area contributed by atoms with E-state index in [1.165, 1.54) is 6.07 Å². The largest absolute Gasteiger partial charge is 0.356 e. The SMILES string of the molecule is NCc1c(-c2ccccc2F)nc2n1CCCN2. The number of halogens is 1. The quantitative estimate of drug-likeness (QED) is 0.851. The third kappa shape index (κ3) is 1.67. The standard InChI is InChI=1S/C13H15FN4/c14-10-5-2-1-4-9(10)12-11(8-15)18-7-3-6-16-13(18)17-12/h1-2,4-5H,3,6-8,15H2,(H,16,17). The minimum absolute atomic E-state index is 0.261. The van der Waals surface area contributed by atoms with Gasteiger partial charge in [-0.15, -0.1) is 0 Å². The van der Waals surface area contributed by atoms with Gasteiger partial charge in [-0.3, -0.25) is 0 Å². The maximum atomic E-state index is 13.8. The molecule has 0 atom stereocenters. The lowest BCUT2D eigenvalue weighted by Gasteiger charge is -2.17. The van der Waals surface area contributed by atoms with Crippen LogP contribution in [0, 0.1) is 5.82 Å². The average Bonchev–Trinajstić information content (AvgIpc) is 2.77. The highest BCUT2D eigenvalue weighted by Gasteiger charge is 2.20.